The van der Waals surface area contributed by atoms with Crippen LogP contribution in [0.25, 0.3) is 17.3 Å². The molecule has 1 aliphatic rings. The number of pyridine rings is 1. The Morgan fingerprint density at radius 1 is 1.18 bits per heavy atom. The number of ether oxygens (including phenoxy) is 1. The molecule has 3 aromatic heterocycles. The summed E-state index contributed by atoms with van der Waals surface area (Å²) in [6.45, 7) is 8.20. The van der Waals surface area contributed by atoms with Gasteiger partial charge in [0.2, 0.25) is 0 Å². The average molecular weight is 382 g/mol. The Hall–Kier alpha value is -3.07. The van der Waals surface area contributed by atoms with Crippen LogP contribution in [0.3, 0.4) is 0 Å². The van der Waals surface area contributed by atoms with Crippen LogP contribution in [-0.2, 0) is 4.74 Å². The molecule has 1 fully saturated rings. The van der Waals surface area contributed by atoms with Crippen LogP contribution in [-0.4, -0.2) is 62.0 Å². The van der Waals surface area contributed by atoms with Crippen LogP contribution in [0.4, 0.5) is 0 Å². The van der Waals surface area contributed by atoms with Crippen molar-refractivity contribution in [1.29, 1.82) is 0 Å². The van der Waals surface area contributed by atoms with Gasteiger partial charge in [-0.15, -0.1) is 0 Å². The van der Waals surface area contributed by atoms with Crippen LogP contribution in [0.1, 0.15) is 41.6 Å². The highest BCUT2D eigenvalue weighted by Crippen LogP contribution is 2.21. The van der Waals surface area contributed by atoms with Crippen molar-refractivity contribution in [2.24, 2.45) is 0 Å². The number of rotatable bonds is 4. The van der Waals surface area contributed by atoms with Crippen molar-refractivity contribution >= 4 is 5.91 Å². The predicted octanol–water partition coefficient (Wildman–Crippen LogP) is 2.22. The third-order valence-corrected chi connectivity index (χ3v) is 4.71. The molecule has 3 aromatic rings. The first-order valence-electron chi connectivity index (χ1n) is 9.26. The molecule has 4 rings (SSSR count). The van der Waals surface area contributed by atoms with E-state index in [4.69, 9.17) is 9.26 Å². The fourth-order valence-corrected chi connectivity index (χ4v) is 3.01. The van der Waals surface area contributed by atoms with Crippen LogP contribution in [0.2, 0.25) is 0 Å². The van der Waals surface area contributed by atoms with E-state index in [0.29, 0.717) is 49.4 Å². The first-order chi connectivity index (χ1) is 13.5. The van der Waals surface area contributed by atoms with Gasteiger partial charge < -0.3 is 14.2 Å². The Morgan fingerprint density at radius 3 is 2.61 bits per heavy atom. The lowest BCUT2D eigenvalue weighted by Gasteiger charge is -2.26. The van der Waals surface area contributed by atoms with E-state index in [-0.39, 0.29) is 11.8 Å². The number of carbonyl (C=O) groups is 1. The molecular weight excluding hydrogens is 360 g/mol. The Bertz CT molecular complexity index is 970. The third kappa shape index (κ3) is 3.40. The molecule has 0 bridgehead atoms. The second kappa shape index (κ2) is 7.51. The van der Waals surface area contributed by atoms with Crippen molar-refractivity contribution in [3.05, 3.63) is 41.6 Å². The van der Waals surface area contributed by atoms with Crippen molar-refractivity contribution < 1.29 is 14.1 Å². The van der Waals surface area contributed by atoms with Gasteiger partial charge in [0.1, 0.15) is 0 Å². The lowest BCUT2D eigenvalue weighted by atomic mass is 10.2. The number of aromatic nitrogens is 5. The van der Waals surface area contributed by atoms with Gasteiger partial charge in [-0.05, 0) is 19.1 Å². The molecule has 0 unspecified atom stereocenters. The van der Waals surface area contributed by atoms with E-state index in [2.05, 4.69) is 20.2 Å². The number of carbonyl (C=O) groups excluding carboxylic acids is 1. The van der Waals surface area contributed by atoms with Crippen molar-refractivity contribution in [3.8, 4) is 17.3 Å². The highest BCUT2D eigenvalue weighted by Gasteiger charge is 2.23. The normalized spacial score (nSPS) is 14.6. The zero-order valence-electron chi connectivity index (χ0n) is 16.1. The lowest BCUT2D eigenvalue weighted by molar-refractivity contribution is 0.0302. The van der Waals surface area contributed by atoms with E-state index >= 15 is 0 Å². The first-order valence-corrected chi connectivity index (χ1v) is 9.26. The fraction of sp³-hybridized carbons (Fsp3) is 0.421. The number of nitrogens with zero attached hydrogens (tertiary/aromatic N) is 6. The molecule has 0 aliphatic carbocycles. The summed E-state index contributed by atoms with van der Waals surface area (Å²) in [7, 11) is 0. The molecule has 0 radical (unpaired) electrons. The van der Waals surface area contributed by atoms with Crippen molar-refractivity contribution in [2.45, 2.75) is 26.7 Å². The molecule has 28 heavy (non-hydrogen) atoms. The number of hydrogen-bond donors (Lipinski definition) is 0. The Kier molecular flexibility index (Phi) is 4.91. The smallest absolute Gasteiger partial charge is 0.259 e. The maximum absolute atomic E-state index is 12.7. The Balaban J connectivity index is 1.56. The maximum atomic E-state index is 12.7. The second-order valence-electron chi connectivity index (χ2n) is 6.98. The summed E-state index contributed by atoms with van der Waals surface area (Å²) in [5, 5.41) is 8.33. The Labute approximate surface area is 162 Å². The van der Waals surface area contributed by atoms with Gasteiger partial charge in [-0.1, -0.05) is 19.0 Å². The first kappa shape index (κ1) is 18.3. The van der Waals surface area contributed by atoms with E-state index in [9.17, 15) is 4.79 Å². The molecule has 0 saturated carbocycles. The molecule has 0 atom stereocenters. The van der Waals surface area contributed by atoms with Gasteiger partial charge in [0.15, 0.2) is 11.6 Å². The van der Waals surface area contributed by atoms with Gasteiger partial charge >= 0.3 is 0 Å². The maximum Gasteiger partial charge on any atom is 0.259 e. The van der Waals surface area contributed by atoms with Crippen LogP contribution in [0.15, 0.2) is 29.0 Å². The zero-order chi connectivity index (χ0) is 19.7. The number of morpholine rings is 1. The quantitative estimate of drug-likeness (QED) is 0.682. The van der Waals surface area contributed by atoms with E-state index in [1.165, 1.54) is 0 Å². The topological polar surface area (TPSA) is 99.2 Å². The van der Waals surface area contributed by atoms with Crippen LogP contribution in [0.5, 0.6) is 0 Å². The number of amides is 1. The van der Waals surface area contributed by atoms with Crippen LogP contribution < -0.4 is 0 Å². The predicted molar refractivity (Wildman–Crippen MR) is 100 cm³/mol. The van der Waals surface area contributed by atoms with Crippen LogP contribution in [0, 0.1) is 6.92 Å². The Morgan fingerprint density at radius 2 is 1.96 bits per heavy atom. The molecule has 146 valence electrons. The third-order valence-electron chi connectivity index (χ3n) is 4.71. The zero-order valence-corrected chi connectivity index (χ0v) is 16.1. The molecule has 9 nitrogen and oxygen atoms in total. The summed E-state index contributed by atoms with van der Waals surface area (Å²) in [5.41, 5.74) is 2.06. The monoisotopic (exact) mass is 382 g/mol. The van der Waals surface area contributed by atoms with Crippen LogP contribution >= 0.6 is 0 Å². The highest BCUT2D eigenvalue weighted by atomic mass is 16.5. The standard InChI is InChI=1S/C19H22N6O3/c1-12(2)17-22-18(28-23-17)14-4-5-16(20-10-14)25-13(3)15(11-21-25)19(26)24-6-8-27-9-7-24/h4-5,10-12H,6-9H2,1-3H3. The lowest BCUT2D eigenvalue weighted by Crippen LogP contribution is -2.40. The van der Waals surface area contributed by atoms with Gasteiger partial charge in [0.05, 0.1) is 36.2 Å². The van der Waals surface area contributed by atoms with E-state index < -0.39 is 0 Å². The second-order valence-corrected chi connectivity index (χ2v) is 6.98. The largest absolute Gasteiger partial charge is 0.378 e. The minimum Gasteiger partial charge on any atom is -0.378 e. The minimum atomic E-state index is -0.0317. The highest BCUT2D eigenvalue weighted by molar-refractivity contribution is 5.95. The average Bonchev–Trinajstić information content (AvgIpc) is 3.36. The molecule has 4 heterocycles. The molecule has 0 N–H and O–H groups in total. The summed E-state index contributed by atoms with van der Waals surface area (Å²) < 4.78 is 12.3. The molecule has 0 aromatic carbocycles. The summed E-state index contributed by atoms with van der Waals surface area (Å²) in [6.07, 6.45) is 3.26. The fourth-order valence-electron chi connectivity index (χ4n) is 3.01. The van der Waals surface area contributed by atoms with Gasteiger partial charge in [-0.25, -0.2) is 9.67 Å². The van der Waals surface area contributed by atoms with Crippen molar-refractivity contribution in [3.63, 3.8) is 0 Å². The molecular formula is C19H22N6O3. The summed E-state index contributed by atoms with van der Waals surface area (Å²) >= 11 is 0. The molecule has 0 spiro atoms. The van der Waals surface area contributed by atoms with Gasteiger partial charge in [-0.3, -0.25) is 4.79 Å². The SMILES string of the molecule is Cc1c(C(=O)N2CCOCC2)cnn1-c1ccc(-c2nc(C(C)C)no2)cn1. The van der Waals surface area contributed by atoms with Gasteiger partial charge in [0.25, 0.3) is 11.8 Å². The summed E-state index contributed by atoms with van der Waals surface area (Å²) in [5.74, 6) is 1.87. The van der Waals surface area contributed by atoms with E-state index in [1.54, 1.807) is 22.0 Å². The molecule has 9 heteroatoms. The van der Waals surface area contributed by atoms with Gasteiger partial charge in [-0.2, -0.15) is 10.1 Å². The van der Waals surface area contributed by atoms with E-state index in [0.717, 1.165) is 11.3 Å². The minimum absolute atomic E-state index is 0.0317. The number of hydrogen-bond acceptors (Lipinski definition) is 7. The summed E-state index contributed by atoms with van der Waals surface area (Å²) in [4.78, 5) is 23.4. The van der Waals surface area contributed by atoms with Gasteiger partial charge in [0, 0.05) is 25.2 Å². The molecule has 1 aliphatic heterocycles. The van der Waals surface area contributed by atoms with Crippen molar-refractivity contribution in [1.82, 2.24) is 29.8 Å². The van der Waals surface area contributed by atoms with E-state index in [1.807, 2.05) is 32.9 Å². The van der Waals surface area contributed by atoms with Crippen molar-refractivity contribution in [2.75, 3.05) is 26.3 Å². The molecule has 1 amide bonds. The molecule has 1 saturated heterocycles. The summed E-state index contributed by atoms with van der Waals surface area (Å²) in [6, 6.07) is 3.67.